The lowest BCUT2D eigenvalue weighted by atomic mass is 9.95. The Morgan fingerprint density at radius 2 is 2.08 bits per heavy atom. The van der Waals surface area contributed by atoms with E-state index in [9.17, 15) is 9.59 Å². The topological polar surface area (TPSA) is 46.6 Å². The monoisotopic (exact) mass is 355 g/mol. The molecule has 130 valence electrons. The van der Waals surface area contributed by atoms with Crippen molar-refractivity contribution in [3.8, 4) is 0 Å². The van der Waals surface area contributed by atoms with Gasteiger partial charge in [0.2, 0.25) is 0 Å². The lowest BCUT2D eigenvalue weighted by Gasteiger charge is -2.38. The SMILES string of the molecule is C=CCOC(=O)[C@@H]1N2C(=O)C(=C=C(C)c3ccccc3)[C@H]2SC1(C)C. The minimum atomic E-state index is -0.586. The minimum Gasteiger partial charge on any atom is -0.460 e. The Morgan fingerprint density at radius 3 is 2.72 bits per heavy atom. The summed E-state index contributed by atoms with van der Waals surface area (Å²) in [5, 5.41) is -0.151. The van der Waals surface area contributed by atoms with Crippen LogP contribution in [0, 0.1) is 0 Å². The number of ether oxygens (including phenoxy) is 1. The van der Waals surface area contributed by atoms with E-state index in [1.807, 2.05) is 51.1 Å². The van der Waals surface area contributed by atoms with Gasteiger partial charge in [-0.1, -0.05) is 43.0 Å². The number of nitrogens with zero attached hydrogens (tertiary/aromatic N) is 1. The molecular weight excluding hydrogens is 334 g/mol. The highest BCUT2D eigenvalue weighted by Crippen LogP contribution is 2.53. The number of esters is 1. The molecule has 25 heavy (non-hydrogen) atoms. The first-order chi connectivity index (χ1) is 11.9. The number of fused-ring (bicyclic) bond motifs is 1. The van der Waals surface area contributed by atoms with Gasteiger partial charge in [-0.3, -0.25) is 4.79 Å². The number of benzene rings is 1. The summed E-state index contributed by atoms with van der Waals surface area (Å²) in [5.41, 5.74) is 5.82. The largest absolute Gasteiger partial charge is 0.460 e. The van der Waals surface area contributed by atoms with Gasteiger partial charge in [-0.15, -0.1) is 17.5 Å². The van der Waals surface area contributed by atoms with Crippen molar-refractivity contribution < 1.29 is 14.3 Å². The number of β-lactam (4-membered cyclic amide) rings is 1. The average Bonchev–Trinajstić information content (AvgIpc) is 2.86. The van der Waals surface area contributed by atoms with Crippen molar-refractivity contribution in [2.24, 2.45) is 0 Å². The predicted molar refractivity (Wildman–Crippen MR) is 99.8 cm³/mol. The Morgan fingerprint density at radius 1 is 1.40 bits per heavy atom. The van der Waals surface area contributed by atoms with E-state index in [0.717, 1.165) is 11.1 Å². The van der Waals surface area contributed by atoms with Gasteiger partial charge < -0.3 is 9.64 Å². The molecule has 2 atom stereocenters. The zero-order valence-corrected chi connectivity index (χ0v) is 15.4. The van der Waals surface area contributed by atoms with Crippen molar-refractivity contribution in [3.63, 3.8) is 0 Å². The molecule has 2 heterocycles. The quantitative estimate of drug-likeness (QED) is 0.273. The standard InChI is InChI=1S/C20H21NO3S/c1-5-11-24-19(23)16-20(3,4)25-18-15(17(22)21(16)18)12-13(2)14-9-7-6-8-10-14/h5-10,16,18H,1,11H2,2-4H3/t12?,16-,18+/m0/s1. The molecule has 0 aliphatic carbocycles. The maximum absolute atomic E-state index is 12.7. The van der Waals surface area contributed by atoms with Gasteiger partial charge in [0.05, 0.1) is 5.57 Å². The predicted octanol–water partition coefficient (Wildman–Crippen LogP) is 3.41. The molecule has 0 unspecified atom stereocenters. The molecule has 2 saturated heterocycles. The van der Waals surface area contributed by atoms with E-state index in [2.05, 4.69) is 12.3 Å². The van der Waals surface area contributed by atoms with Crippen LogP contribution in [0.3, 0.4) is 0 Å². The van der Waals surface area contributed by atoms with Gasteiger partial charge in [-0.25, -0.2) is 4.79 Å². The highest BCUT2D eigenvalue weighted by atomic mass is 32.2. The number of hydrogen-bond donors (Lipinski definition) is 0. The van der Waals surface area contributed by atoms with E-state index in [1.54, 1.807) is 16.7 Å². The Balaban J connectivity index is 1.91. The Bertz CT molecular complexity index is 790. The second-order valence-electron chi connectivity index (χ2n) is 6.64. The lowest BCUT2D eigenvalue weighted by molar-refractivity contribution is -0.156. The number of carbonyl (C=O) groups is 2. The highest BCUT2D eigenvalue weighted by molar-refractivity contribution is 8.01. The molecule has 1 aromatic rings. The molecule has 0 radical (unpaired) electrons. The van der Waals surface area contributed by atoms with Crippen LogP contribution in [0.25, 0.3) is 5.57 Å². The van der Waals surface area contributed by atoms with E-state index in [1.165, 1.54) is 6.08 Å². The maximum atomic E-state index is 12.7. The first-order valence-corrected chi connectivity index (χ1v) is 9.05. The van der Waals surface area contributed by atoms with Gasteiger partial charge in [0.1, 0.15) is 18.0 Å². The van der Waals surface area contributed by atoms with E-state index in [0.29, 0.717) is 5.57 Å². The summed E-state index contributed by atoms with van der Waals surface area (Å²) in [5.74, 6) is -0.519. The number of thioether (sulfide) groups is 1. The molecule has 1 aromatic carbocycles. The third-order valence-electron chi connectivity index (χ3n) is 4.41. The number of amides is 1. The van der Waals surface area contributed by atoms with Crippen LogP contribution in [0.5, 0.6) is 0 Å². The fourth-order valence-electron chi connectivity index (χ4n) is 3.17. The fraction of sp³-hybridized carbons (Fsp3) is 0.350. The van der Waals surface area contributed by atoms with Crippen molar-refractivity contribution in [2.75, 3.05) is 6.61 Å². The lowest BCUT2D eigenvalue weighted by Crippen LogP contribution is -2.58. The van der Waals surface area contributed by atoms with Gasteiger partial charge in [-0.05, 0) is 31.9 Å². The normalized spacial score (nSPS) is 23.4. The molecular formula is C20H21NO3S. The second kappa shape index (κ2) is 6.58. The molecule has 2 fully saturated rings. The van der Waals surface area contributed by atoms with Gasteiger partial charge in [0.25, 0.3) is 5.91 Å². The van der Waals surface area contributed by atoms with Gasteiger partial charge in [0, 0.05) is 4.75 Å². The van der Waals surface area contributed by atoms with Crippen LogP contribution >= 0.6 is 11.8 Å². The van der Waals surface area contributed by atoms with Crippen molar-refractivity contribution in [3.05, 3.63) is 59.9 Å². The molecule has 0 N–H and O–H groups in total. The average molecular weight is 355 g/mol. The van der Waals surface area contributed by atoms with Gasteiger partial charge in [-0.2, -0.15) is 0 Å². The van der Waals surface area contributed by atoms with Crippen LogP contribution in [-0.4, -0.2) is 39.5 Å². The summed E-state index contributed by atoms with van der Waals surface area (Å²) < 4.78 is 4.78. The zero-order chi connectivity index (χ0) is 18.2. The smallest absolute Gasteiger partial charge is 0.330 e. The number of carbonyl (C=O) groups excluding carboxylic acids is 2. The van der Waals surface area contributed by atoms with E-state index in [4.69, 9.17) is 4.74 Å². The van der Waals surface area contributed by atoms with E-state index in [-0.39, 0.29) is 23.9 Å². The van der Waals surface area contributed by atoms with Crippen LogP contribution in [0.15, 0.2) is 54.3 Å². The fourth-order valence-corrected chi connectivity index (χ4v) is 4.70. The molecule has 0 bridgehead atoms. The molecule has 1 amide bonds. The Hall–Kier alpha value is -2.23. The first kappa shape index (κ1) is 17.6. The van der Waals surface area contributed by atoms with Crippen LogP contribution in [0.2, 0.25) is 0 Å². The molecule has 0 saturated carbocycles. The molecule has 2 aliphatic heterocycles. The summed E-state index contributed by atoms with van der Waals surface area (Å²) in [4.78, 5) is 26.7. The highest BCUT2D eigenvalue weighted by Gasteiger charge is 2.62. The summed E-state index contributed by atoms with van der Waals surface area (Å²) in [7, 11) is 0. The van der Waals surface area contributed by atoms with Crippen molar-refractivity contribution >= 4 is 29.2 Å². The van der Waals surface area contributed by atoms with E-state index < -0.39 is 10.8 Å². The van der Waals surface area contributed by atoms with Gasteiger partial charge in [0.15, 0.2) is 0 Å². The zero-order valence-electron chi connectivity index (χ0n) is 14.6. The molecule has 4 nitrogen and oxygen atoms in total. The van der Waals surface area contributed by atoms with Crippen molar-refractivity contribution in [1.82, 2.24) is 4.90 Å². The molecule has 2 aliphatic rings. The second-order valence-corrected chi connectivity index (χ2v) is 8.37. The molecule has 3 rings (SSSR count). The Kier molecular flexibility index (Phi) is 4.63. The van der Waals surface area contributed by atoms with Crippen molar-refractivity contribution in [1.29, 1.82) is 0 Å². The molecule has 0 aromatic heterocycles. The summed E-state index contributed by atoms with van der Waals surface area (Å²) in [6.07, 6.45) is 1.53. The number of rotatable bonds is 4. The first-order valence-electron chi connectivity index (χ1n) is 8.17. The van der Waals surface area contributed by atoms with Crippen LogP contribution in [-0.2, 0) is 14.3 Å². The minimum absolute atomic E-state index is 0.140. The van der Waals surface area contributed by atoms with Crippen molar-refractivity contribution in [2.45, 2.75) is 36.9 Å². The third-order valence-corrected chi connectivity index (χ3v) is 5.93. The summed E-state index contributed by atoms with van der Waals surface area (Å²) >= 11 is 1.60. The van der Waals surface area contributed by atoms with Gasteiger partial charge >= 0.3 is 5.97 Å². The Labute approximate surface area is 152 Å². The maximum Gasteiger partial charge on any atom is 0.330 e. The summed E-state index contributed by atoms with van der Waals surface area (Å²) in [6, 6.07) is 9.26. The third kappa shape index (κ3) is 3.06. The van der Waals surface area contributed by atoms with Crippen LogP contribution in [0.1, 0.15) is 26.3 Å². The van der Waals surface area contributed by atoms with Crippen LogP contribution < -0.4 is 0 Å². The summed E-state index contributed by atoms with van der Waals surface area (Å²) in [6.45, 7) is 9.58. The molecule has 0 spiro atoms. The van der Waals surface area contributed by atoms with Crippen LogP contribution in [0.4, 0.5) is 0 Å². The number of hydrogen-bond acceptors (Lipinski definition) is 4. The van der Waals surface area contributed by atoms with E-state index >= 15 is 0 Å². The molecule has 5 heteroatoms.